The van der Waals surface area contributed by atoms with Gasteiger partial charge < -0.3 is 0 Å². The van der Waals surface area contributed by atoms with Crippen LogP contribution in [0.25, 0.3) is 0 Å². The van der Waals surface area contributed by atoms with E-state index in [4.69, 9.17) is 0 Å². The molecule has 1 heteroatoms. The topological polar surface area (TPSA) is 23.8 Å². The van der Waals surface area contributed by atoms with Crippen LogP contribution in [-0.2, 0) is 12.8 Å². The standard InChI is InChI=1S/C26H27N/c1-19-5-9-21(10-6-19)16-26(17-22-11-7-20(2)8-12-22)15-3-4-24-23(18-27)13-14-25(24)26/h3-12,15,23,25H,13-14,16-17H2,1-2H3. The van der Waals surface area contributed by atoms with Gasteiger partial charge in [-0.1, -0.05) is 77.9 Å². The zero-order valence-corrected chi connectivity index (χ0v) is 16.3. The molecule has 0 saturated heterocycles. The van der Waals surface area contributed by atoms with E-state index in [-0.39, 0.29) is 11.3 Å². The number of rotatable bonds is 4. The van der Waals surface area contributed by atoms with Crippen molar-refractivity contribution in [2.75, 3.05) is 0 Å². The van der Waals surface area contributed by atoms with Crippen molar-refractivity contribution in [3.63, 3.8) is 0 Å². The maximum absolute atomic E-state index is 9.60. The third-order valence-corrected chi connectivity index (χ3v) is 6.42. The fourth-order valence-corrected chi connectivity index (χ4v) is 4.97. The normalized spacial score (nSPS) is 22.8. The van der Waals surface area contributed by atoms with Crippen LogP contribution in [0.1, 0.15) is 35.1 Å². The molecule has 2 atom stereocenters. The molecule has 1 fully saturated rings. The monoisotopic (exact) mass is 353 g/mol. The summed E-state index contributed by atoms with van der Waals surface area (Å²) in [7, 11) is 0. The number of benzene rings is 2. The lowest BCUT2D eigenvalue weighted by Gasteiger charge is -2.40. The average Bonchev–Trinajstić information content (AvgIpc) is 3.10. The molecule has 0 bridgehead atoms. The van der Waals surface area contributed by atoms with Crippen LogP contribution in [0.15, 0.2) is 72.3 Å². The minimum atomic E-state index is 0.0558. The van der Waals surface area contributed by atoms with Crippen LogP contribution in [-0.4, -0.2) is 0 Å². The molecule has 4 rings (SSSR count). The second kappa shape index (κ2) is 7.20. The Morgan fingerprint density at radius 2 is 1.44 bits per heavy atom. The molecule has 1 nitrogen and oxygen atoms in total. The van der Waals surface area contributed by atoms with E-state index in [0.29, 0.717) is 5.92 Å². The molecule has 27 heavy (non-hydrogen) atoms. The molecule has 0 N–H and O–H groups in total. The van der Waals surface area contributed by atoms with Crippen molar-refractivity contribution < 1.29 is 0 Å². The van der Waals surface area contributed by atoms with Crippen molar-refractivity contribution in [2.45, 2.75) is 39.5 Å². The molecule has 136 valence electrons. The van der Waals surface area contributed by atoms with Gasteiger partial charge in [-0.15, -0.1) is 0 Å². The zero-order valence-electron chi connectivity index (χ0n) is 16.3. The summed E-state index contributed by atoms with van der Waals surface area (Å²) in [6.07, 6.45) is 11.0. The molecule has 0 spiro atoms. The SMILES string of the molecule is Cc1ccc(CC2(Cc3ccc(C)cc3)C=CC=C3C(C#N)CCC32)cc1. The molecule has 0 amide bonds. The van der Waals surface area contributed by atoms with Crippen LogP contribution in [0.5, 0.6) is 0 Å². The summed E-state index contributed by atoms with van der Waals surface area (Å²) in [6.45, 7) is 4.28. The van der Waals surface area contributed by atoms with Crippen LogP contribution in [0, 0.1) is 42.4 Å². The van der Waals surface area contributed by atoms with E-state index in [0.717, 1.165) is 25.7 Å². The Bertz CT molecular complexity index is 859. The molecular weight excluding hydrogens is 326 g/mol. The van der Waals surface area contributed by atoms with Gasteiger partial charge in [0.15, 0.2) is 0 Å². The highest BCUT2D eigenvalue weighted by atomic mass is 14.5. The summed E-state index contributed by atoms with van der Waals surface area (Å²) in [5, 5.41) is 9.60. The number of allylic oxidation sites excluding steroid dienone is 4. The Morgan fingerprint density at radius 1 is 0.889 bits per heavy atom. The summed E-state index contributed by atoms with van der Waals surface area (Å²) in [6, 6.07) is 20.5. The van der Waals surface area contributed by atoms with Gasteiger partial charge >= 0.3 is 0 Å². The minimum absolute atomic E-state index is 0.0558. The quantitative estimate of drug-likeness (QED) is 0.649. The molecule has 0 heterocycles. The maximum atomic E-state index is 9.60. The van der Waals surface area contributed by atoms with E-state index in [1.165, 1.54) is 27.8 Å². The molecule has 0 radical (unpaired) electrons. The third kappa shape index (κ3) is 3.50. The van der Waals surface area contributed by atoms with Crippen LogP contribution in [0.2, 0.25) is 0 Å². The first kappa shape index (κ1) is 17.8. The van der Waals surface area contributed by atoms with Crippen molar-refractivity contribution in [3.05, 3.63) is 94.6 Å². The van der Waals surface area contributed by atoms with Crippen molar-refractivity contribution >= 4 is 0 Å². The second-order valence-electron chi connectivity index (χ2n) is 8.40. The second-order valence-corrected chi connectivity index (χ2v) is 8.40. The number of aryl methyl sites for hydroxylation is 2. The van der Waals surface area contributed by atoms with Gasteiger partial charge in [0.2, 0.25) is 0 Å². The lowest BCUT2D eigenvalue weighted by Crippen LogP contribution is -2.35. The predicted molar refractivity (Wildman–Crippen MR) is 111 cm³/mol. The average molecular weight is 354 g/mol. The van der Waals surface area contributed by atoms with Crippen LogP contribution >= 0.6 is 0 Å². The van der Waals surface area contributed by atoms with Gasteiger partial charge in [0.1, 0.15) is 0 Å². The first-order chi connectivity index (χ1) is 13.1. The molecule has 2 unspecified atom stereocenters. The Hall–Kier alpha value is -2.59. The number of nitriles is 1. The highest BCUT2D eigenvalue weighted by Gasteiger charge is 2.45. The third-order valence-electron chi connectivity index (χ3n) is 6.42. The largest absolute Gasteiger partial charge is 0.198 e. The van der Waals surface area contributed by atoms with Gasteiger partial charge in [-0.05, 0) is 62.1 Å². The van der Waals surface area contributed by atoms with Gasteiger partial charge in [-0.3, -0.25) is 0 Å². The summed E-state index contributed by atoms with van der Waals surface area (Å²) in [5.41, 5.74) is 6.80. The number of hydrogen-bond donors (Lipinski definition) is 0. The maximum Gasteiger partial charge on any atom is 0.0700 e. The Balaban J connectivity index is 1.72. The van der Waals surface area contributed by atoms with Gasteiger partial charge in [0, 0.05) is 5.41 Å². The van der Waals surface area contributed by atoms with Crippen LogP contribution < -0.4 is 0 Å². The lowest BCUT2D eigenvalue weighted by molar-refractivity contribution is 0.258. The van der Waals surface area contributed by atoms with Crippen molar-refractivity contribution in [2.24, 2.45) is 17.3 Å². The molecule has 2 aromatic rings. The molecule has 0 aliphatic heterocycles. The summed E-state index contributed by atoms with van der Waals surface area (Å²) < 4.78 is 0. The molecule has 1 saturated carbocycles. The molecule has 2 aliphatic rings. The highest BCUT2D eigenvalue weighted by molar-refractivity contribution is 5.38. The summed E-state index contributed by atoms with van der Waals surface area (Å²) >= 11 is 0. The lowest BCUT2D eigenvalue weighted by atomic mass is 9.63. The molecule has 2 aromatic carbocycles. The van der Waals surface area contributed by atoms with Gasteiger partial charge in [0.25, 0.3) is 0 Å². The van der Waals surface area contributed by atoms with Crippen molar-refractivity contribution in [1.82, 2.24) is 0 Å². The highest BCUT2D eigenvalue weighted by Crippen LogP contribution is 2.52. The number of fused-ring (bicyclic) bond motifs is 1. The number of nitrogens with zero attached hydrogens (tertiary/aromatic N) is 1. The molecule has 2 aliphatic carbocycles. The minimum Gasteiger partial charge on any atom is -0.198 e. The number of hydrogen-bond acceptors (Lipinski definition) is 1. The van der Waals surface area contributed by atoms with Gasteiger partial charge in [0.05, 0.1) is 12.0 Å². The van der Waals surface area contributed by atoms with Gasteiger partial charge in [-0.2, -0.15) is 5.26 Å². The van der Waals surface area contributed by atoms with E-state index < -0.39 is 0 Å². The van der Waals surface area contributed by atoms with Crippen LogP contribution in [0.4, 0.5) is 0 Å². The fourth-order valence-electron chi connectivity index (χ4n) is 4.97. The van der Waals surface area contributed by atoms with E-state index in [1.54, 1.807) is 0 Å². The Labute approximate surface area is 163 Å². The predicted octanol–water partition coefficient (Wildman–Crippen LogP) is 6.12. The van der Waals surface area contributed by atoms with E-state index >= 15 is 0 Å². The Morgan fingerprint density at radius 3 is 1.96 bits per heavy atom. The van der Waals surface area contributed by atoms with E-state index in [9.17, 15) is 5.26 Å². The van der Waals surface area contributed by atoms with Crippen molar-refractivity contribution in [1.29, 1.82) is 5.26 Å². The molecule has 0 aromatic heterocycles. The Kier molecular flexibility index (Phi) is 4.75. The van der Waals surface area contributed by atoms with E-state index in [1.807, 2.05) is 0 Å². The van der Waals surface area contributed by atoms with E-state index in [2.05, 4.69) is 86.7 Å². The smallest absolute Gasteiger partial charge is 0.0700 e. The fraction of sp³-hybridized carbons (Fsp3) is 0.346. The van der Waals surface area contributed by atoms with Crippen molar-refractivity contribution in [3.8, 4) is 6.07 Å². The zero-order chi connectivity index (χ0) is 18.9. The van der Waals surface area contributed by atoms with Crippen LogP contribution in [0.3, 0.4) is 0 Å². The molecular formula is C26H27N. The van der Waals surface area contributed by atoms with Gasteiger partial charge in [-0.25, -0.2) is 0 Å². The summed E-state index contributed by atoms with van der Waals surface area (Å²) in [5.74, 6) is 0.560. The first-order valence-corrected chi connectivity index (χ1v) is 10.00. The summed E-state index contributed by atoms with van der Waals surface area (Å²) in [4.78, 5) is 0. The first-order valence-electron chi connectivity index (χ1n) is 10.00.